The number of aliphatic hydroxyl groups excluding tert-OH is 1. The van der Waals surface area contributed by atoms with Gasteiger partial charge in [0.15, 0.2) is 0 Å². The summed E-state index contributed by atoms with van der Waals surface area (Å²) in [6, 6.07) is 12.8. The summed E-state index contributed by atoms with van der Waals surface area (Å²) in [5, 5.41) is 12.0. The highest BCUT2D eigenvalue weighted by Gasteiger charge is 2.46. The van der Waals surface area contributed by atoms with E-state index in [4.69, 9.17) is 27.9 Å². The Morgan fingerprint density at radius 3 is 2.62 bits per heavy atom. The van der Waals surface area contributed by atoms with Crippen LogP contribution in [-0.2, 0) is 22.6 Å². The van der Waals surface area contributed by atoms with E-state index in [0.717, 1.165) is 16.9 Å². The van der Waals surface area contributed by atoms with Crippen molar-refractivity contribution in [3.05, 3.63) is 98.8 Å². The number of ketones is 1. The molecular weight excluding hydrogens is 475 g/mol. The Kier molecular flexibility index (Phi) is 5.80. The van der Waals surface area contributed by atoms with Gasteiger partial charge in [0.1, 0.15) is 17.6 Å². The molecule has 1 aromatic heterocycles. The number of Topliss-reactive ketones (excluding diaryl/α,β-unsaturated/α-hetero) is 1. The number of benzene rings is 2. The fraction of sp³-hybridized carbons (Fsp3) is 0.192. The van der Waals surface area contributed by atoms with Gasteiger partial charge in [-0.1, -0.05) is 29.3 Å². The van der Waals surface area contributed by atoms with Gasteiger partial charge in [-0.05, 0) is 66.1 Å². The summed E-state index contributed by atoms with van der Waals surface area (Å²) in [7, 11) is 0. The number of amides is 1. The van der Waals surface area contributed by atoms with E-state index in [1.165, 1.54) is 4.90 Å². The molecule has 2 unspecified atom stereocenters. The number of nitrogens with zero attached hydrogens (tertiary/aromatic N) is 2. The average Bonchev–Trinajstić information content (AvgIpc) is 3.30. The van der Waals surface area contributed by atoms with Gasteiger partial charge in [0.05, 0.1) is 11.6 Å². The van der Waals surface area contributed by atoms with Crippen LogP contribution in [0.25, 0.3) is 5.76 Å². The maximum Gasteiger partial charge on any atom is 0.295 e. The van der Waals surface area contributed by atoms with Gasteiger partial charge in [-0.25, -0.2) is 0 Å². The van der Waals surface area contributed by atoms with Crippen LogP contribution in [0.2, 0.25) is 10.0 Å². The molecule has 2 aliphatic rings. The topological polar surface area (TPSA) is 79.7 Å². The second kappa shape index (κ2) is 8.78. The maximum absolute atomic E-state index is 13.3. The average molecular weight is 495 g/mol. The molecule has 0 radical (unpaired) electrons. The van der Waals surface area contributed by atoms with Crippen LogP contribution in [0.5, 0.6) is 5.75 Å². The lowest BCUT2D eigenvalue weighted by molar-refractivity contribution is -0.140. The number of likely N-dealkylation sites (tertiary alicyclic amines) is 1. The molecule has 5 rings (SSSR count). The Bertz CT molecular complexity index is 1340. The first-order valence-electron chi connectivity index (χ1n) is 10.8. The van der Waals surface area contributed by atoms with E-state index in [-0.39, 0.29) is 24.0 Å². The molecule has 0 spiro atoms. The molecule has 0 saturated carbocycles. The van der Waals surface area contributed by atoms with Crippen molar-refractivity contribution in [2.24, 2.45) is 0 Å². The normalized spacial score (nSPS) is 21.0. The van der Waals surface area contributed by atoms with Gasteiger partial charge in [-0.15, -0.1) is 0 Å². The zero-order valence-corrected chi connectivity index (χ0v) is 19.7. The van der Waals surface area contributed by atoms with Crippen LogP contribution in [0, 0.1) is 0 Å². The molecule has 8 heteroatoms. The molecule has 3 heterocycles. The summed E-state index contributed by atoms with van der Waals surface area (Å²) in [5.74, 6) is -0.992. The lowest BCUT2D eigenvalue weighted by Gasteiger charge is -2.26. The number of hydrogen-bond donors (Lipinski definition) is 1. The lowest BCUT2D eigenvalue weighted by atomic mass is 9.94. The van der Waals surface area contributed by atoms with E-state index in [1.54, 1.807) is 60.9 Å². The Balaban J connectivity index is 1.66. The van der Waals surface area contributed by atoms with E-state index < -0.39 is 17.7 Å². The van der Waals surface area contributed by atoms with Crippen molar-refractivity contribution >= 4 is 40.7 Å². The monoisotopic (exact) mass is 494 g/mol. The predicted octanol–water partition coefficient (Wildman–Crippen LogP) is 5.33. The van der Waals surface area contributed by atoms with Crippen LogP contribution in [0.3, 0.4) is 0 Å². The maximum atomic E-state index is 13.3. The van der Waals surface area contributed by atoms with Crippen molar-refractivity contribution in [3.63, 3.8) is 0 Å². The SMILES string of the molecule is CC1Cc2cc(C(O)=C3C(=O)C(=O)N(Cc4ccncc4)C3c3ccc(Cl)cc3Cl)ccc2O1. The first kappa shape index (κ1) is 22.4. The third kappa shape index (κ3) is 3.93. The molecule has 0 aliphatic carbocycles. The highest BCUT2D eigenvalue weighted by atomic mass is 35.5. The van der Waals surface area contributed by atoms with Crippen molar-refractivity contribution in [3.8, 4) is 5.75 Å². The van der Waals surface area contributed by atoms with Crippen LogP contribution < -0.4 is 4.74 Å². The largest absolute Gasteiger partial charge is 0.507 e. The van der Waals surface area contributed by atoms with Crippen LogP contribution >= 0.6 is 23.2 Å². The van der Waals surface area contributed by atoms with Gasteiger partial charge >= 0.3 is 0 Å². The summed E-state index contributed by atoms with van der Waals surface area (Å²) in [4.78, 5) is 31.8. The van der Waals surface area contributed by atoms with E-state index in [2.05, 4.69) is 4.98 Å². The third-order valence-corrected chi connectivity index (χ3v) is 6.63. The fourth-order valence-electron chi connectivity index (χ4n) is 4.50. The smallest absolute Gasteiger partial charge is 0.295 e. The summed E-state index contributed by atoms with van der Waals surface area (Å²) in [6.07, 6.45) is 3.96. The van der Waals surface area contributed by atoms with Gasteiger partial charge in [0.25, 0.3) is 11.7 Å². The molecule has 2 atom stereocenters. The van der Waals surface area contributed by atoms with Crippen molar-refractivity contribution in [1.82, 2.24) is 9.88 Å². The van der Waals surface area contributed by atoms with Crippen molar-refractivity contribution in [2.75, 3.05) is 0 Å². The van der Waals surface area contributed by atoms with E-state index in [1.807, 2.05) is 6.92 Å². The van der Waals surface area contributed by atoms with Crippen molar-refractivity contribution in [1.29, 1.82) is 0 Å². The molecule has 0 bridgehead atoms. The molecule has 1 amide bonds. The Hall–Kier alpha value is -3.35. The second-order valence-corrected chi connectivity index (χ2v) is 9.25. The molecule has 1 N–H and O–H groups in total. The number of fused-ring (bicyclic) bond motifs is 1. The minimum atomic E-state index is -0.888. The third-order valence-electron chi connectivity index (χ3n) is 6.07. The predicted molar refractivity (Wildman–Crippen MR) is 129 cm³/mol. The minimum Gasteiger partial charge on any atom is -0.507 e. The summed E-state index contributed by atoms with van der Waals surface area (Å²) in [6.45, 7) is 2.11. The quantitative estimate of drug-likeness (QED) is 0.301. The molecule has 172 valence electrons. The van der Waals surface area contributed by atoms with Crippen molar-refractivity contribution < 1.29 is 19.4 Å². The van der Waals surface area contributed by atoms with E-state index >= 15 is 0 Å². The first-order chi connectivity index (χ1) is 16.3. The number of pyridine rings is 1. The molecule has 3 aromatic rings. The van der Waals surface area contributed by atoms with Crippen LogP contribution in [-0.4, -0.2) is 32.8 Å². The van der Waals surface area contributed by atoms with Crippen LogP contribution in [0.4, 0.5) is 0 Å². The Labute approximate surface area is 206 Å². The summed E-state index contributed by atoms with van der Waals surface area (Å²) >= 11 is 12.6. The Morgan fingerprint density at radius 2 is 1.88 bits per heavy atom. The number of aliphatic hydroxyl groups is 1. The number of halogens is 2. The van der Waals surface area contributed by atoms with Crippen LogP contribution in [0.1, 0.15) is 35.2 Å². The molecule has 6 nitrogen and oxygen atoms in total. The second-order valence-electron chi connectivity index (χ2n) is 8.40. The molecule has 1 fully saturated rings. The Morgan fingerprint density at radius 1 is 1.12 bits per heavy atom. The van der Waals surface area contributed by atoms with Gasteiger partial charge in [-0.3, -0.25) is 14.6 Å². The van der Waals surface area contributed by atoms with E-state index in [0.29, 0.717) is 27.6 Å². The highest BCUT2D eigenvalue weighted by molar-refractivity contribution is 6.47. The van der Waals surface area contributed by atoms with Gasteiger partial charge in [0.2, 0.25) is 0 Å². The number of carbonyl (C=O) groups is 2. The highest BCUT2D eigenvalue weighted by Crippen LogP contribution is 2.43. The standard InChI is InChI=1S/C26H20Cl2N2O4/c1-14-10-17-11-16(2-5-21(17)34-14)24(31)22-23(19-4-3-18(27)12-20(19)28)30(26(33)25(22)32)13-15-6-8-29-9-7-15/h2-9,11-12,14,23,31H,10,13H2,1H3. The van der Waals surface area contributed by atoms with Crippen molar-refractivity contribution in [2.45, 2.75) is 32.0 Å². The van der Waals surface area contributed by atoms with Gasteiger partial charge in [0, 0.05) is 41.0 Å². The van der Waals surface area contributed by atoms with Gasteiger partial charge in [-0.2, -0.15) is 0 Å². The molecule has 1 saturated heterocycles. The van der Waals surface area contributed by atoms with Gasteiger partial charge < -0.3 is 14.7 Å². The number of hydrogen-bond acceptors (Lipinski definition) is 5. The first-order valence-corrected chi connectivity index (χ1v) is 11.5. The molecule has 34 heavy (non-hydrogen) atoms. The van der Waals surface area contributed by atoms with E-state index in [9.17, 15) is 14.7 Å². The van der Waals surface area contributed by atoms with Crippen LogP contribution in [0.15, 0.2) is 66.5 Å². The minimum absolute atomic E-state index is 0.0183. The number of ether oxygens (including phenoxy) is 1. The lowest BCUT2D eigenvalue weighted by Crippen LogP contribution is -2.29. The molecule has 2 aromatic carbocycles. The zero-order chi connectivity index (χ0) is 24.0. The molecular formula is C26H20Cl2N2O4. The number of aromatic nitrogens is 1. The fourth-order valence-corrected chi connectivity index (χ4v) is 5.01. The molecule has 2 aliphatic heterocycles. The number of rotatable bonds is 4. The number of carbonyl (C=O) groups excluding carboxylic acids is 2. The summed E-state index contributed by atoms with van der Waals surface area (Å²) in [5.41, 5.74) is 2.64. The zero-order valence-electron chi connectivity index (χ0n) is 18.2. The summed E-state index contributed by atoms with van der Waals surface area (Å²) < 4.78 is 5.74.